The van der Waals surface area contributed by atoms with Gasteiger partial charge < -0.3 is 25.0 Å². The number of likely N-dealkylation sites (N-methyl/N-ethyl adjacent to an activating group) is 1. The molecule has 12 atom stereocenters. The topological polar surface area (TPSA) is 79.9 Å². The van der Waals surface area contributed by atoms with Gasteiger partial charge in [0.1, 0.15) is 6.54 Å². The van der Waals surface area contributed by atoms with Crippen molar-refractivity contribution < 1.29 is 19.1 Å². The summed E-state index contributed by atoms with van der Waals surface area (Å²) < 4.78 is 13.5. The van der Waals surface area contributed by atoms with Crippen molar-refractivity contribution in [1.29, 1.82) is 0 Å². The highest BCUT2D eigenvalue weighted by Crippen LogP contribution is 2.71. The van der Waals surface area contributed by atoms with E-state index in [1.165, 1.54) is 51.4 Å². The molecule has 0 aromatic heterocycles. The van der Waals surface area contributed by atoms with E-state index in [2.05, 4.69) is 38.3 Å². The Hall–Kier alpha value is -1.34. The first kappa shape index (κ1) is 31.3. The molecule has 7 aliphatic rings. The summed E-state index contributed by atoms with van der Waals surface area (Å²) in [5, 5.41) is 6.19. The SMILES string of the molecule is CNC(=O)CN(C(=O)N[C@@H]1CC[C@]2(C)C3CC[C@@]4(C)C(CC5O[C@]6(CC[C@H](C)CO6)[C@@H](C)C54)[C@@H]3CC[C@@H]2C1)C1CCCCC1. The summed E-state index contributed by atoms with van der Waals surface area (Å²) in [6.45, 7) is 11.0. The molecule has 5 saturated carbocycles. The summed E-state index contributed by atoms with van der Waals surface area (Å²) >= 11 is 0. The minimum Gasteiger partial charge on any atom is -0.358 e. The monoisotopic (exact) mass is 611 g/mol. The maximum atomic E-state index is 13.7. The fraction of sp³-hybridized carbons (Fsp3) is 0.946. The first-order valence-electron chi connectivity index (χ1n) is 18.7. The van der Waals surface area contributed by atoms with Crippen molar-refractivity contribution in [3.05, 3.63) is 0 Å². The van der Waals surface area contributed by atoms with Gasteiger partial charge in [0.15, 0.2) is 5.79 Å². The Morgan fingerprint density at radius 2 is 1.64 bits per heavy atom. The normalized spacial score (nSPS) is 48.5. The van der Waals surface area contributed by atoms with Gasteiger partial charge in [0.2, 0.25) is 5.91 Å². The molecule has 44 heavy (non-hydrogen) atoms. The van der Waals surface area contributed by atoms with Crippen molar-refractivity contribution >= 4 is 11.9 Å². The van der Waals surface area contributed by atoms with Crippen LogP contribution in [-0.2, 0) is 14.3 Å². The highest BCUT2D eigenvalue weighted by Gasteiger charge is 2.69. The Morgan fingerprint density at radius 3 is 2.36 bits per heavy atom. The average Bonchev–Trinajstić information content (AvgIpc) is 3.47. The summed E-state index contributed by atoms with van der Waals surface area (Å²) in [6.07, 6.45) is 18.1. The molecule has 7 fully saturated rings. The van der Waals surface area contributed by atoms with Crippen LogP contribution in [0.1, 0.15) is 124 Å². The molecule has 7 nitrogen and oxygen atoms in total. The van der Waals surface area contributed by atoms with E-state index in [1.807, 2.05) is 4.90 Å². The average molecular weight is 612 g/mol. The number of carbonyl (C=O) groups excluding carboxylic acids is 2. The zero-order valence-electron chi connectivity index (χ0n) is 28.4. The van der Waals surface area contributed by atoms with Gasteiger partial charge in [0, 0.05) is 31.5 Å². The summed E-state index contributed by atoms with van der Waals surface area (Å²) in [5.74, 6) is 4.39. The van der Waals surface area contributed by atoms with Crippen molar-refractivity contribution in [2.45, 2.75) is 148 Å². The van der Waals surface area contributed by atoms with Gasteiger partial charge in [-0.25, -0.2) is 4.79 Å². The van der Waals surface area contributed by atoms with E-state index in [-0.39, 0.29) is 36.4 Å². The van der Waals surface area contributed by atoms with Crippen molar-refractivity contribution in [2.24, 2.45) is 52.3 Å². The second kappa shape index (κ2) is 11.7. The molecule has 5 aliphatic carbocycles. The number of carbonyl (C=O) groups is 2. The second-order valence-corrected chi connectivity index (χ2v) is 17.2. The van der Waals surface area contributed by atoms with Crippen LogP contribution in [0.25, 0.3) is 0 Å². The summed E-state index contributed by atoms with van der Waals surface area (Å²) in [6, 6.07) is 0.385. The molecule has 7 rings (SSSR count). The van der Waals surface area contributed by atoms with Gasteiger partial charge in [-0.2, -0.15) is 0 Å². The maximum absolute atomic E-state index is 13.7. The zero-order valence-corrected chi connectivity index (χ0v) is 28.4. The first-order chi connectivity index (χ1) is 21.1. The number of nitrogens with one attached hydrogen (secondary N) is 2. The van der Waals surface area contributed by atoms with E-state index in [4.69, 9.17) is 9.47 Å². The van der Waals surface area contributed by atoms with E-state index in [0.29, 0.717) is 40.6 Å². The van der Waals surface area contributed by atoms with Crippen LogP contribution in [0.15, 0.2) is 0 Å². The molecule has 2 saturated heterocycles. The number of hydrogen-bond acceptors (Lipinski definition) is 4. The number of ether oxygens (including phenoxy) is 2. The lowest BCUT2D eigenvalue weighted by Crippen LogP contribution is -2.57. The molecule has 248 valence electrons. The number of amides is 3. The van der Waals surface area contributed by atoms with Gasteiger partial charge in [-0.15, -0.1) is 0 Å². The number of urea groups is 1. The molecule has 3 amide bonds. The molecule has 2 heterocycles. The fourth-order valence-corrected chi connectivity index (χ4v) is 12.7. The number of rotatable bonds is 4. The minimum absolute atomic E-state index is 0.0167. The molecule has 2 aliphatic heterocycles. The lowest BCUT2D eigenvalue weighted by atomic mass is 9.44. The largest absolute Gasteiger partial charge is 0.358 e. The fourth-order valence-electron chi connectivity index (χ4n) is 12.7. The molecular formula is C37H61N3O4. The van der Waals surface area contributed by atoms with Gasteiger partial charge in [0.25, 0.3) is 0 Å². The predicted octanol–water partition coefficient (Wildman–Crippen LogP) is 6.89. The van der Waals surface area contributed by atoms with Crippen LogP contribution >= 0.6 is 0 Å². The molecule has 0 radical (unpaired) electrons. The van der Waals surface area contributed by atoms with Crippen LogP contribution in [0.5, 0.6) is 0 Å². The Morgan fingerprint density at radius 1 is 0.864 bits per heavy atom. The van der Waals surface area contributed by atoms with Gasteiger partial charge in [-0.1, -0.05) is 47.0 Å². The highest BCUT2D eigenvalue weighted by atomic mass is 16.7. The van der Waals surface area contributed by atoms with Crippen LogP contribution in [0.3, 0.4) is 0 Å². The van der Waals surface area contributed by atoms with E-state index in [1.54, 1.807) is 7.05 Å². The van der Waals surface area contributed by atoms with E-state index < -0.39 is 0 Å². The zero-order chi connectivity index (χ0) is 30.9. The molecular weight excluding hydrogens is 550 g/mol. The summed E-state index contributed by atoms with van der Waals surface area (Å²) in [5.41, 5.74) is 0.730. The molecule has 2 N–H and O–H groups in total. The lowest BCUT2D eigenvalue weighted by Gasteiger charge is -2.61. The van der Waals surface area contributed by atoms with Crippen LogP contribution in [0, 0.1) is 52.3 Å². The molecule has 4 unspecified atom stereocenters. The predicted molar refractivity (Wildman–Crippen MR) is 172 cm³/mol. The summed E-state index contributed by atoms with van der Waals surface area (Å²) in [7, 11) is 1.67. The lowest BCUT2D eigenvalue weighted by molar-refractivity contribution is -0.273. The number of nitrogens with zero attached hydrogens (tertiary/aromatic N) is 1. The Bertz CT molecular complexity index is 1080. The smallest absolute Gasteiger partial charge is 0.318 e. The minimum atomic E-state index is -0.327. The van der Waals surface area contributed by atoms with Crippen LogP contribution in [0.4, 0.5) is 4.79 Å². The molecule has 7 heteroatoms. The third-order valence-corrected chi connectivity index (χ3v) is 15.1. The van der Waals surface area contributed by atoms with E-state index in [9.17, 15) is 9.59 Å². The van der Waals surface area contributed by atoms with Crippen LogP contribution < -0.4 is 10.6 Å². The third-order valence-electron chi connectivity index (χ3n) is 15.1. The molecule has 0 bridgehead atoms. The van der Waals surface area contributed by atoms with Gasteiger partial charge in [0.05, 0.1) is 12.7 Å². The molecule has 0 aromatic rings. The van der Waals surface area contributed by atoms with Gasteiger partial charge >= 0.3 is 6.03 Å². The second-order valence-electron chi connectivity index (χ2n) is 17.2. The quantitative estimate of drug-likeness (QED) is 0.363. The van der Waals surface area contributed by atoms with E-state index >= 15 is 0 Å². The van der Waals surface area contributed by atoms with Crippen molar-refractivity contribution in [1.82, 2.24) is 15.5 Å². The summed E-state index contributed by atoms with van der Waals surface area (Å²) in [4.78, 5) is 27.9. The Kier molecular flexibility index (Phi) is 8.33. The van der Waals surface area contributed by atoms with Crippen LogP contribution in [0.2, 0.25) is 0 Å². The maximum Gasteiger partial charge on any atom is 0.318 e. The number of fused-ring (bicyclic) bond motifs is 7. The third kappa shape index (κ3) is 5.04. The standard InChI is InChI=1S/C37H61N3O4/c1-23-13-18-37(43-22-23)24(2)33-31(44-37)20-30-28-12-11-25-19-26(14-16-35(25,3)29(28)15-17-36(30,33)4)39-34(42)40(21-32(41)38-5)27-9-7-6-8-10-27/h23-31,33H,6-22H2,1-5H3,(H,38,41)(H,39,42)/t23-,24-,25+,26+,28+,29?,30?,31?,33?,35-,36-,37+/m0/s1. The highest BCUT2D eigenvalue weighted by molar-refractivity contribution is 5.84. The molecule has 0 aromatic carbocycles. The first-order valence-corrected chi connectivity index (χ1v) is 18.7. The van der Waals surface area contributed by atoms with Crippen molar-refractivity contribution in [3.63, 3.8) is 0 Å². The van der Waals surface area contributed by atoms with Crippen LogP contribution in [-0.4, -0.2) is 61.0 Å². The van der Waals surface area contributed by atoms with Crippen molar-refractivity contribution in [3.8, 4) is 0 Å². The van der Waals surface area contributed by atoms with Gasteiger partial charge in [-0.3, -0.25) is 4.79 Å². The van der Waals surface area contributed by atoms with Crippen molar-refractivity contribution in [2.75, 3.05) is 20.2 Å². The van der Waals surface area contributed by atoms with E-state index in [0.717, 1.165) is 69.3 Å². The number of hydrogen-bond donors (Lipinski definition) is 2. The van der Waals surface area contributed by atoms with Gasteiger partial charge in [-0.05, 0) is 117 Å². The Labute approximate surface area is 266 Å². The Balaban J connectivity index is 1.01. The molecule has 1 spiro atoms.